The van der Waals surface area contributed by atoms with Gasteiger partial charge in [0.25, 0.3) is 0 Å². The van der Waals surface area contributed by atoms with Gasteiger partial charge in [-0.3, -0.25) is 0 Å². The van der Waals surface area contributed by atoms with Gasteiger partial charge in [-0.2, -0.15) is 0 Å². The summed E-state index contributed by atoms with van der Waals surface area (Å²) in [6, 6.07) is 12.6. The summed E-state index contributed by atoms with van der Waals surface area (Å²) in [4.78, 5) is 2.45. The zero-order chi connectivity index (χ0) is 12.2. The van der Waals surface area contributed by atoms with E-state index in [0.29, 0.717) is 0 Å². The first kappa shape index (κ1) is 11.4. The van der Waals surface area contributed by atoms with Gasteiger partial charge in [-0.05, 0) is 30.2 Å². The number of hydrogen-bond acceptors (Lipinski definition) is 3. The molecule has 2 aromatic rings. The summed E-state index contributed by atoms with van der Waals surface area (Å²) in [5.74, 6) is 0.997. The smallest absolute Gasteiger partial charge is 0.117 e. The van der Waals surface area contributed by atoms with Crippen LogP contribution in [0.4, 0.5) is 5.69 Å². The molecule has 1 aliphatic heterocycles. The zero-order valence-electron chi connectivity index (χ0n) is 10.4. The molecule has 0 aliphatic carbocycles. The van der Waals surface area contributed by atoms with Gasteiger partial charge in [-0.15, -0.1) is 0 Å². The molecule has 0 atom stereocenters. The predicted molar refractivity (Wildman–Crippen MR) is 72.8 cm³/mol. The van der Waals surface area contributed by atoms with E-state index in [1.54, 1.807) is 6.26 Å². The Kier molecular flexibility index (Phi) is 3.33. The summed E-state index contributed by atoms with van der Waals surface area (Å²) in [5, 5.41) is 3.41. The molecule has 18 heavy (non-hydrogen) atoms. The van der Waals surface area contributed by atoms with Gasteiger partial charge >= 0.3 is 0 Å². The van der Waals surface area contributed by atoms with E-state index in [1.807, 2.05) is 12.1 Å². The van der Waals surface area contributed by atoms with Crippen LogP contribution in [-0.2, 0) is 13.0 Å². The van der Waals surface area contributed by atoms with E-state index < -0.39 is 0 Å². The van der Waals surface area contributed by atoms with Crippen molar-refractivity contribution < 1.29 is 4.42 Å². The lowest BCUT2D eigenvalue weighted by Gasteiger charge is -2.19. The third-order valence-electron chi connectivity index (χ3n) is 3.42. The molecule has 0 spiro atoms. The molecule has 0 saturated carbocycles. The third-order valence-corrected chi connectivity index (χ3v) is 3.42. The first-order valence-corrected chi connectivity index (χ1v) is 6.49. The molecule has 3 heteroatoms. The molecule has 3 nitrogen and oxygen atoms in total. The Morgan fingerprint density at radius 1 is 1.17 bits per heavy atom. The van der Waals surface area contributed by atoms with Crippen LogP contribution in [-0.4, -0.2) is 19.6 Å². The number of benzene rings is 1. The lowest BCUT2D eigenvalue weighted by molar-refractivity contribution is 0.484. The summed E-state index contributed by atoms with van der Waals surface area (Å²) in [6.07, 6.45) is 2.89. The Hall–Kier alpha value is -1.74. The second-order valence-electron chi connectivity index (χ2n) is 4.62. The monoisotopic (exact) mass is 242 g/mol. The normalized spacial score (nSPS) is 13.9. The molecule has 0 fully saturated rings. The summed E-state index contributed by atoms with van der Waals surface area (Å²) in [5.41, 5.74) is 2.88. The number of anilines is 1. The molecule has 0 unspecified atom stereocenters. The topological polar surface area (TPSA) is 28.4 Å². The van der Waals surface area contributed by atoms with Crippen LogP contribution < -0.4 is 10.2 Å². The van der Waals surface area contributed by atoms with E-state index in [-0.39, 0.29) is 0 Å². The van der Waals surface area contributed by atoms with Crippen molar-refractivity contribution in [1.29, 1.82) is 0 Å². The first-order valence-electron chi connectivity index (χ1n) is 6.49. The van der Waals surface area contributed by atoms with E-state index in [1.165, 1.54) is 17.7 Å². The van der Waals surface area contributed by atoms with Crippen LogP contribution in [0.15, 0.2) is 47.1 Å². The van der Waals surface area contributed by atoms with Crippen molar-refractivity contribution in [1.82, 2.24) is 5.32 Å². The molecule has 0 amide bonds. The van der Waals surface area contributed by atoms with E-state index >= 15 is 0 Å². The van der Waals surface area contributed by atoms with Crippen LogP contribution in [0.2, 0.25) is 0 Å². The minimum atomic E-state index is 0.808. The number of nitrogens with zero attached hydrogens (tertiary/aromatic N) is 1. The van der Waals surface area contributed by atoms with Gasteiger partial charge in [0.1, 0.15) is 5.76 Å². The lowest BCUT2D eigenvalue weighted by atomic mass is 10.2. The average molecular weight is 242 g/mol. The van der Waals surface area contributed by atoms with Crippen molar-refractivity contribution in [3.05, 3.63) is 54.0 Å². The molecule has 94 valence electrons. The fourth-order valence-corrected chi connectivity index (χ4v) is 2.48. The molecular formula is C15H18N2O. The molecule has 3 rings (SSSR count). The second kappa shape index (κ2) is 5.27. The van der Waals surface area contributed by atoms with Crippen LogP contribution >= 0.6 is 0 Å². The van der Waals surface area contributed by atoms with Gasteiger partial charge in [-0.25, -0.2) is 0 Å². The summed E-state index contributed by atoms with van der Waals surface area (Å²) < 4.78 is 5.29. The highest BCUT2D eigenvalue weighted by Crippen LogP contribution is 2.26. The SMILES string of the molecule is c1coc(CNCCN2CCc3ccccc32)c1. The Balaban J connectivity index is 1.47. The van der Waals surface area contributed by atoms with E-state index in [9.17, 15) is 0 Å². The number of fused-ring (bicyclic) bond motifs is 1. The number of nitrogens with one attached hydrogen (secondary N) is 1. The minimum Gasteiger partial charge on any atom is -0.468 e. The molecule has 1 aliphatic rings. The van der Waals surface area contributed by atoms with Crippen LogP contribution in [0.1, 0.15) is 11.3 Å². The van der Waals surface area contributed by atoms with E-state index in [0.717, 1.165) is 31.9 Å². The quantitative estimate of drug-likeness (QED) is 0.816. The Bertz CT molecular complexity index is 493. The maximum Gasteiger partial charge on any atom is 0.117 e. The lowest BCUT2D eigenvalue weighted by Crippen LogP contribution is -2.30. The van der Waals surface area contributed by atoms with Crippen molar-refractivity contribution in [3.8, 4) is 0 Å². The van der Waals surface area contributed by atoms with E-state index in [4.69, 9.17) is 4.42 Å². The second-order valence-corrected chi connectivity index (χ2v) is 4.62. The highest BCUT2D eigenvalue weighted by molar-refractivity contribution is 5.57. The summed E-state index contributed by atoms with van der Waals surface area (Å²) >= 11 is 0. The van der Waals surface area contributed by atoms with Gasteiger partial charge in [-0.1, -0.05) is 18.2 Å². The van der Waals surface area contributed by atoms with Gasteiger partial charge < -0.3 is 14.6 Å². The van der Waals surface area contributed by atoms with Crippen LogP contribution in [0.25, 0.3) is 0 Å². The van der Waals surface area contributed by atoms with Gasteiger partial charge in [0.15, 0.2) is 0 Å². The molecular weight excluding hydrogens is 224 g/mol. The maximum atomic E-state index is 5.29. The number of furan rings is 1. The minimum absolute atomic E-state index is 0.808. The van der Waals surface area contributed by atoms with Crippen molar-refractivity contribution in [2.75, 3.05) is 24.5 Å². The van der Waals surface area contributed by atoms with Crippen molar-refractivity contribution in [2.45, 2.75) is 13.0 Å². The summed E-state index contributed by atoms with van der Waals surface area (Å²) in [7, 11) is 0. The standard InChI is InChI=1S/C15H18N2O/c1-2-6-15-13(4-1)7-9-17(15)10-8-16-12-14-5-3-11-18-14/h1-6,11,16H,7-10,12H2. The maximum absolute atomic E-state index is 5.29. The van der Waals surface area contributed by atoms with E-state index in [2.05, 4.69) is 34.5 Å². The number of para-hydroxylation sites is 1. The number of hydrogen-bond donors (Lipinski definition) is 1. The van der Waals surface area contributed by atoms with Crippen LogP contribution in [0, 0.1) is 0 Å². The largest absolute Gasteiger partial charge is 0.468 e. The fraction of sp³-hybridized carbons (Fsp3) is 0.333. The highest BCUT2D eigenvalue weighted by atomic mass is 16.3. The highest BCUT2D eigenvalue weighted by Gasteiger charge is 2.17. The van der Waals surface area contributed by atoms with Gasteiger partial charge in [0, 0.05) is 25.3 Å². The number of rotatable bonds is 5. The van der Waals surface area contributed by atoms with Crippen molar-refractivity contribution in [2.24, 2.45) is 0 Å². The fourth-order valence-electron chi connectivity index (χ4n) is 2.48. The molecule has 1 aromatic heterocycles. The average Bonchev–Trinajstić information content (AvgIpc) is 3.04. The van der Waals surface area contributed by atoms with Gasteiger partial charge in [0.2, 0.25) is 0 Å². The zero-order valence-corrected chi connectivity index (χ0v) is 10.4. The Morgan fingerprint density at radius 3 is 3.00 bits per heavy atom. The van der Waals surface area contributed by atoms with Gasteiger partial charge in [0.05, 0.1) is 12.8 Å². The molecule has 1 aromatic carbocycles. The Labute approximate surface area is 107 Å². The van der Waals surface area contributed by atoms with Crippen molar-refractivity contribution >= 4 is 5.69 Å². The molecule has 1 N–H and O–H groups in total. The third kappa shape index (κ3) is 2.41. The van der Waals surface area contributed by atoms with Crippen LogP contribution in [0.3, 0.4) is 0 Å². The van der Waals surface area contributed by atoms with Crippen molar-refractivity contribution in [3.63, 3.8) is 0 Å². The Morgan fingerprint density at radius 2 is 2.11 bits per heavy atom. The first-order chi connectivity index (χ1) is 8.93. The summed E-state index contributed by atoms with van der Waals surface area (Å²) in [6.45, 7) is 3.98. The molecule has 0 bridgehead atoms. The van der Waals surface area contributed by atoms with Crippen LogP contribution in [0.5, 0.6) is 0 Å². The predicted octanol–water partition coefficient (Wildman–Crippen LogP) is 2.43. The molecule has 0 radical (unpaired) electrons. The molecule has 0 saturated heterocycles. The molecule has 2 heterocycles.